The van der Waals surface area contributed by atoms with Crippen LogP contribution in [0.4, 0.5) is 0 Å². The predicted octanol–water partition coefficient (Wildman–Crippen LogP) is 3.09. The number of hydrogen-bond acceptors (Lipinski definition) is 4. The number of benzene rings is 2. The van der Waals surface area contributed by atoms with E-state index >= 15 is 0 Å². The molecule has 1 amide bonds. The highest BCUT2D eigenvalue weighted by Gasteiger charge is 2.42. The SMILES string of the molecule is O=C1c2oc3ccc(Br)cc3c(=O)c2[C@@H](c2ccccc2)N1CCO. The van der Waals surface area contributed by atoms with Crippen molar-refractivity contribution in [3.8, 4) is 0 Å². The van der Waals surface area contributed by atoms with E-state index in [0.717, 1.165) is 10.0 Å². The molecule has 0 bridgehead atoms. The fourth-order valence-electron chi connectivity index (χ4n) is 3.31. The first-order valence-corrected chi connectivity index (χ1v) is 8.64. The molecule has 0 radical (unpaired) electrons. The molecule has 4 rings (SSSR count). The zero-order valence-electron chi connectivity index (χ0n) is 13.1. The number of carbonyl (C=O) groups is 1. The Balaban J connectivity index is 2.03. The minimum absolute atomic E-state index is 0.0575. The van der Waals surface area contributed by atoms with Crippen molar-refractivity contribution in [3.05, 3.63) is 80.1 Å². The van der Waals surface area contributed by atoms with Crippen LogP contribution >= 0.6 is 15.9 Å². The summed E-state index contributed by atoms with van der Waals surface area (Å²) in [6.45, 7) is -0.0651. The number of aliphatic hydroxyl groups is 1. The van der Waals surface area contributed by atoms with E-state index in [-0.39, 0.29) is 30.2 Å². The Morgan fingerprint density at radius 1 is 1.12 bits per heavy atom. The number of fused-ring (bicyclic) bond motifs is 2. The van der Waals surface area contributed by atoms with Gasteiger partial charge in [-0.1, -0.05) is 46.3 Å². The van der Waals surface area contributed by atoms with Crippen LogP contribution < -0.4 is 5.43 Å². The first-order chi connectivity index (χ1) is 12.1. The summed E-state index contributed by atoms with van der Waals surface area (Å²) in [7, 11) is 0. The maximum atomic E-state index is 13.1. The quantitative estimate of drug-likeness (QED) is 0.734. The second-order valence-corrected chi connectivity index (χ2v) is 6.77. The summed E-state index contributed by atoms with van der Waals surface area (Å²) < 4.78 is 6.55. The van der Waals surface area contributed by atoms with E-state index in [2.05, 4.69) is 15.9 Å². The lowest BCUT2D eigenvalue weighted by atomic mass is 9.98. The van der Waals surface area contributed by atoms with Crippen molar-refractivity contribution in [2.45, 2.75) is 6.04 Å². The summed E-state index contributed by atoms with van der Waals surface area (Å²) in [4.78, 5) is 27.4. The molecule has 0 fully saturated rings. The van der Waals surface area contributed by atoms with Gasteiger partial charge in [-0.3, -0.25) is 9.59 Å². The minimum atomic E-state index is -0.560. The van der Waals surface area contributed by atoms with E-state index in [1.54, 1.807) is 18.2 Å². The fraction of sp³-hybridized carbons (Fsp3) is 0.158. The maximum absolute atomic E-state index is 13.1. The first-order valence-electron chi connectivity index (χ1n) is 7.85. The number of amides is 1. The molecule has 0 saturated carbocycles. The van der Waals surface area contributed by atoms with Gasteiger partial charge in [0.15, 0.2) is 5.43 Å². The van der Waals surface area contributed by atoms with Crippen LogP contribution in [0, 0.1) is 0 Å². The molecule has 2 heterocycles. The van der Waals surface area contributed by atoms with Gasteiger partial charge in [0.1, 0.15) is 5.58 Å². The van der Waals surface area contributed by atoms with Crippen LogP contribution in [-0.4, -0.2) is 29.1 Å². The smallest absolute Gasteiger partial charge is 0.290 e. The van der Waals surface area contributed by atoms with Crippen LogP contribution in [0.15, 0.2) is 62.2 Å². The molecule has 1 aliphatic rings. The monoisotopic (exact) mass is 399 g/mol. The lowest BCUT2D eigenvalue weighted by Gasteiger charge is -2.24. The average Bonchev–Trinajstić information content (AvgIpc) is 2.90. The Bertz CT molecular complexity index is 1030. The van der Waals surface area contributed by atoms with Crippen molar-refractivity contribution in [2.24, 2.45) is 0 Å². The molecule has 6 heteroatoms. The van der Waals surface area contributed by atoms with Gasteiger partial charge < -0.3 is 14.4 Å². The third kappa shape index (κ3) is 2.49. The second kappa shape index (κ2) is 6.13. The molecule has 0 spiro atoms. The summed E-state index contributed by atoms with van der Waals surface area (Å²) >= 11 is 3.36. The normalized spacial score (nSPS) is 16.5. The second-order valence-electron chi connectivity index (χ2n) is 5.85. The predicted molar refractivity (Wildman–Crippen MR) is 96.6 cm³/mol. The van der Waals surface area contributed by atoms with Crippen LogP contribution in [0.3, 0.4) is 0 Å². The molecule has 0 saturated heterocycles. The Morgan fingerprint density at radius 3 is 2.60 bits per heavy atom. The molecule has 1 N–H and O–H groups in total. The van der Waals surface area contributed by atoms with Crippen molar-refractivity contribution in [1.29, 1.82) is 0 Å². The largest absolute Gasteiger partial charge is 0.450 e. The first kappa shape index (κ1) is 16.1. The van der Waals surface area contributed by atoms with E-state index in [1.165, 1.54) is 4.90 Å². The Kier molecular flexibility index (Phi) is 3.94. The highest BCUT2D eigenvalue weighted by molar-refractivity contribution is 9.10. The summed E-state index contributed by atoms with van der Waals surface area (Å²) in [5.74, 6) is -0.318. The maximum Gasteiger partial charge on any atom is 0.290 e. The molecule has 1 aromatic heterocycles. The molecular formula is C19H14BrNO4. The Morgan fingerprint density at radius 2 is 1.88 bits per heavy atom. The molecule has 2 aromatic carbocycles. The van der Waals surface area contributed by atoms with Gasteiger partial charge in [0, 0.05) is 11.0 Å². The third-order valence-corrected chi connectivity index (χ3v) is 4.88. The molecule has 1 atom stereocenters. The zero-order valence-corrected chi connectivity index (χ0v) is 14.7. The van der Waals surface area contributed by atoms with Gasteiger partial charge in [0.25, 0.3) is 5.91 Å². The van der Waals surface area contributed by atoms with Gasteiger partial charge in [0.2, 0.25) is 5.76 Å². The van der Waals surface area contributed by atoms with Crippen molar-refractivity contribution < 1.29 is 14.3 Å². The number of hydrogen-bond donors (Lipinski definition) is 1. The molecule has 126 valence electrons. The van der Waals surface area contributed by atoms with Gasteiger partial charge >= 0.3 is 0 Å². The van der Waals surface area contributed by atoms with Crippen LogP contribution in [0.25, 0.3) is 11.0 Å². The van der Waals surface area contributed by atoms with E-state index in [4.69, 9.17) is 4.42 Å². The molecule has 0 aliphatic carbocycles. The van der Waals surface area contributed by atoms with Gasteiger partial charge in [-0.25, -0.2) is 0 Å². The van der Waals surface area contributed by atoms with Crippen LogP contribution in [0.1, 0.15) is 27.7 Å². The summed E-state index contributed by atoms with van der Waals surface area (Å²) in [6, 6.07) is 13.9. The Labute approximate surface area is 151 Å². The summed E-state index contributed by atoms with van der Waals surface area (Å²) in [6.07, 6.45) is 0. The number of β-amino-alcohol motifs (C(OH)–C–C–N with tert-alkyl or cyclic N) is 1. The van der Waals surface area contributed by atoms with Crippen LogP contribution in [-0.2, 0) is 0 Å². The Hall–Kier alpha value is -2.44. The van der Waals surface area contributed by atoms with Crippen molar-refractivity contribution in [3.63, 3.8) is 0 Å². The van der Waals surface area contributed by atoms with Crippen LogP contribution in [0.2, 0.25) is 0 Å². The minimum Gasteiger partial charge on any atom is -0.450 e. The van der Waals surface area contributed by atoms with E-state index in [1.807, 2.05) is 30.3 Å². The highest BCUT2D eigenvalue weighted by Crippen LogP contribution is 2.37. The van der Waals surface area contributed by atoms with Crippen molar-refractivity contribution in [2.75, 3.05) is 13.2 Å². The summed E-state index contributed by atoms with van der Waals surface area (Å²) in [5, 5.41) is 9.80. The fourth-order valence-corrected chi connectivity index (χ4v) is 3.67. The highest BCUT2D eigenvalue weighted by atomic mass is 79.9. The number of aliphatic hydroxyl groups excluding tert-OH is 1. The van der Waals surface area contributed by atoms with Gasteiger partial charge in [-0.15, -0.1) is 0 Å². The standard InChI is InChI=1S/C19H14BrNO4/c20-12-6-7-14-13(10-12)17(23)15-16(11-4-2-1-3-5-11)21(8-9-22)19(24)18(15)25-14/h1-7,10,16,22H,8-9H2/t16-/m1/s1. The van der Waals surface area contributed by atoms with E-state index in [0.29, 0.717) is 16.5 Å². The zero-order chi connectivity index (χ0) is 17.6. The lowest BCUT2D eigenvalue weighted by molar-refractivity contribution is 0.0691. The summed E-state index contributed by atoms with van der Waals surface area (Å²) in [5.41, 5.74) is 1.29. The average molecular weight is 400 g/mol. The molecule has 0 unspecified atom stereocenters. The van der Waals surface area contributed by atoms with Gasteiger partial charge in [-0.2, -0.15) is 0 Å². The molecule has 3 aromatic rings. The molecule has 25 heavy (non-hydrogen) atoms. The number of carbonyl (C=O) groups excluding carboxylic acids is 1. The topological polar surface area (TPSA) is 70.8 Å². The number of halogens is 1. The van der Waals surface area contributed by atoms with Crippen LogP contribution in [0.5, 0.6) is 0 Å². The number of nitrogens with zero attached hydrogens (tertiary/aromatic N) is 1. The van der Waals surface area contributed by atoms with Gasteiger partial charge in [-0.05, 0) is 23.8 Å². The molecule has 5 nitrogen and oxygen atoms in total. The third-order valence-electron chi connectivity index (χ3n) is 4.38. The molecule has 1 aliphatic heterocycles. The van der Waals surface area contributed by atoms with E-state index < -0.39 is 6.04 Å². The van der Waals surface area contributed by atoms with Crippen molar-refractivity contribution >= 4 is 32.8 Å². The molecular weight excluding hydrogens is 386 g/mol. The number of rotatable bonds is 3. The van der Waals surface area contributed by atoms with E-state index in [9.17, 15) is 14.7 Å². The lowest BCUT2D eigenvalue weighted by Crippen LogP contribution is -2.32. The van der Waals surface area contributed by atoms with Gasteiger partial charge in [0.05, 0.1) is 23.6 Å². The van der Waals surface area contributed by atoms with Crippen molar-refractivity contribution in [1.82, 2.24) is 4.90 Å².